The Hall–Kier alpha value is -3.57. The smallest absolute Gasteiger partial charge is 0.123 e. The van der Waals surface area contributed by atoms with Gasteiger partial charge in [-0.1, -0.05) is 132 Å². The maximum absolute atomic E-state index is 11.7. The molecule has 2 N–H and O–H groups in total. The Kier molecular flexibility index (Phi) is 10.9. The molecule has 0 amide bonds. The Morgan fingerprint density at radius 3 is 0.878 bits per heavy atom. The van der Waals surface area contributed by atoms with Crippen LogP contribution in [-0.2, 0) is 21.7 Å². The molecule has 0 radical (unpaired) electrons. The fourth-order valence-corrected chi connectivity index (χ4v) is 7.78. The lowest BCUT2D eigenvalue weighted by Gasteiger charge is -2.33. The second-order valence-electron chi connectivity index (χ2n) is 17.4. The Labute approximate surface area is 300 Å². The van der Waals surface area contributed by atoms with Crippen molar-refractivity contribution in [3.8, 4) is 23.0 Å². The van der Waals surface area contributed by atoms with Crippen LogP contribution in [0.3, 0.4) is 0 Å². The highest BCUT2D eigenvalue weighted by atomic mass is 32.2. The van der Waals surface area contributed by atoms with Crippen LogP contribution in [0.25, 0.3) is 0 Å². The van der Waals surface area contributed by atoms with E-state index >= 15 is 0 Å². The molecule has 4 rings (SSSR count). The molecule has 4 aromatic rings. The van der Waals surface area contributed by atoms with Crippen molar-refractivity contribution >= 4 is 11.8 Å². The highest BCUT2D eigenvalue weighted by Crippen LogP contribution is 2.52. The van der Waals surface area contributed by atoms with E-state index in [9.17, 15) is 10.2 Å². The molecule has 5 heteroatoms. The zero-order valence-electron chi connectivity index (χ0n) is 32.2. The summed E-state index contributed by atoms with van der Waals surface area (Å²) in [7, 11) is 3.38. The van der Waals surface area contributed by atoms with E-state index in [4.69, 9.17) is 9.47 Å². The van der Waals surface area contributed by atoms with E-state index in [2.05, 4.69) is 132 Å². The second-order valence-corrected chi connectivity index (χ2v) is 18.6. The van der Waals surface area contributed by atoms with Gasteiger partial charge < -0.3 is 19.7 Å². The molecule has 4 aromatic carbocycles. The van der Waals surface area contributed by atoms with Gasteiger partial charge in [-0.25, -0.2) is 0 Å². The lowest BCUT2D eigenvalue weighted by atomic mass is 9.78. The molecule has 0 heterocycles. The van der Waals surface area contributed by atoms with Crippen LogP contribution >= 0.6 is 11.8 Å². The molecule has 0 fully saturated rings. The predicted molar refractivity (Wildman–Crippen MR) is 208 cm³/mol. The molecule has 49 heavy (non-hydrogen) atoms. The average Bonchev–Trinajstić information content (AvgIpc) is 3.00. The molecule has 0 aliphatic heterocycles. The van der Waals surface area contributed by atoms with Crippen LogP contribution in [0.15, 0.2) is 72.8 Å². The zero-order valence-corrected chi connectivity index (χ0v) is 33.0. The molecule has 0 aliphatic carbocycles. The number of phenolic OH excluding ortho intramolecular Hbond substituents is 2. The van der Waals surface area contributed by atoms with Crippen molar-refractivity contribution in [3.05, 3.63) is 117 Å². The summed E-state index contributed by atoms with van der Waals surface area (Å²) in [6, 6.07) is 25.5. The number of phenols is 2. The van der Waals surface area contributed by atoms with Crippen LogP contribution in [-0.4, -0.2) is 24.4 Å². The first-order valence-electron chi connectivity index (χ1n) is 17.3. The summed E-state index contributed by atoms with van der Waals surface area (Å²) in [5.74, 6) is 2.35. The van der Waals surface area contributed by atoms with Crippen LogP contribution in [0.2, 0.25) is 0 Å². The minimum absolute atomic E-state index is 0.106. The van der Waals surface area contributed by atoms with Crippen molar-refractivity contribution in [3.63, 3.8) is 0 Å². The van der Waals surface area contributed by atoms with E-state index in [0.29, 0.717) is 11.5 Å². The normalized spacial score (nSPS) is 14.0. The highest BCUT2D eigenvalue weighted by molar-refractivity contribution is 8.00. The third kappa shape index (κ3) is 8.60. The minimum atomic E-state index is -0.273. The van der Waals surface area contributed by atoms with E-state index in [0.717, 1.165) is 56.0 Å². The van der Waals surface area contributed by atoms with Crippen LogP contribution in [0, 0.1) is 0 Å². The standard InChI is InChI=1S/C44H58O4S/c1-41(2,3)33-23-29(24-34(37(33)45)42(4,5)6)39(27-15-19-31(47-13)20-16-27)49-40(28-17-21-32(48-14)22-18-28)30-25-35(43(7,8)9)38(46)36(26-30)44(10,11)12/h15-26,39-40,45-46H,1-14H3. The third-order valence-corrected chi connectivity index (χ3v) is 10.8. The Morgan fingerprint density at radius 2 is 0.673 bits per heavy atom. The molecule has 2 unspecified atom stereocenters. The topological polar surface area (TPSA) is 58.9 Å². The summed E-state index contributed by atoms with van der Waals surface area (Å²) in [6.07, 6.45) is 0. The summed E-state index contributed by atoms with van der Waals surface area (Å²) in [4.78, 5) is 0. The number of hydrogen-bond donors (Lipinski definition) is 2. The molecule has 4 nitrogen and oxygen atoms in total. The van der Waals surface area contributed by atoms with E-state index in [1.807, 2.05) is 36.0 Å². The quantitative estimate of drug-likeness (QED) is 0.194. The van der Waals surface area contributed by atoms with Gasteiger partial charge in [0.15, 0.2) is 0 Å². The van der Waals surface area contributed by atoms with E-state index in [1.165, 1.54) is 0 Å². The van der Waals surface area contributed by atoms with Crippen LogP contribution in [0.1, 0.15) is 138 Å². The van der Waals surface area contributed by atoms with Crippen molar-refractivity contribution in [2.75, 3.05) is 14.2 Å². The number of hydrogen-bond acceptors (Lipinski definition) is 5. The van der Waals surface area contributed by atoms with Gasteiger partial charge in [0, 0.05) is 0 Å². The molecular weight excluding hydrogens is 625 g/mol. The SMILES string of the molecule is COc1ccc(C(SC(c2ccc(OC)cc2)c2cc(C(C)(C)C)c(O)c(C(C)(C)C)c2)c2cc(C(C)(C)C)c(O)c(C(C)(C)C)c2)cc1. The minimum Gasteiger partial charge on any atom is -0.507 e. The molecule has 0 spiro atoms. The van der Waals surface area contributed by atoms with Gasteiger partial charge in [-0.2, -0.15) is 0 Å². The van der Waals surface area contributed by atoms with Crippen molar-refractivity contribution in [1.29, 1.82) is 0 Å². The van der Waals surface area contributed by atoms with Gasteiger partial charge in [0.25, 0.3) is 0 Å². The Morgan fingerprint density at radius 1 is 0.429 bits per heavy atom. The van der Waals surface area contributed by atoms with Crippen LogP contribution < -0.4 is 9.47 Å². The van der Waals surface area contributed by atoms with Gasteiger partial charge in [0.05, 0.1) is 24.7 Å². The summed E-state index contributed by atoms with van der Waals surface area (Å²) in [5.41, 5.74) is 7.19. The molecular formula is C44H58O4S. The second kappa shape index (κ2) is 14.0. The molecule has 0 aromatic heterocycles. The number of benzene rings is 4. The first kappa shape index (κ1) is 38.2. The zero-order chi connectivity index (χ0) is 36.7. The molecule has 2 atom stereocenters. The molecule has 0 aliphatic rings. The van der Waals surface area contributed by atoms with Gasteiger partial charge in [0.1, 0.15) is 23.0 Å². The van der Waals surface area contributed by atoms with Gasteiger partial charge in [-0.15, -0.1) is 11.8 Å². The van der Waals surface area contributed by atoms with Gasteiger partial charge in [0.2, 0.25) is 0 Å². The highest BCUT2D eigenvalue weighted by Gasteiger charge is 2.33. The Bertz CT molecular complexity index is 1540. The summed E-state index contributed by atoms with van der Waals surface area (Å²) in [5, 5.41) is 23.1. The van der Waals surface area contributed by atoms with Gasteiger partial charge >= 0.3 is 0 Å². The monoisotopic (exact) mass is 682 g/mol. The van der Waals surface area contributed by atoms with Crippen molar-refractivity contribution in [2.45, 2.75) is 115 Å². The summed E-state index contributed by atoms with van der Waals surface area (Å²) < 4.78 is 11.1. The van der Waals surface area contributed by atoms with E-state index < -0.39 is 0 Å². The fraction of sp³-hybridized carbons (Fsp3) is 0.455. The lowest BCUT2D eigenvalue weighted by Crippen LogP contribution is -2.19. The molecule has 0 saturated carbocycles. The number of methoxy groups -OCH3 is 2. The maximum Gasteiger partial charge on any atom is 0.123 e. The Balaban J connectivity index is 2.08. The average molecular weight is 683 g/mol. The van der Waals surface area contributed by atoms with Crippen molar-refractivity contribution in [1.82, 2.24) is 0 Å². The first-order chi connectivity index (χ1) is 22.6. The fourth-order valence-electron chi connectivity index (χ4n) is 6.30. The van der Waals surface area contributed by atoms with Crippen LogP contribution in [0.4, 0.5) is 0 Å². The van der Waals surface area contributed by atoms with Crippen molar-refractivity contribution < 1.29 is 19.7 Å². The van der Waals surface area contributed by atoms with Crippen LogP contribution in [0.5, 0.6) is 23.0 Å². The van der Waals surface area contributed by atoms with Crippen molar-refractivity contribution in [2.24, 2.45) is 0 Å². The van der Waals surface area contributed by atoms with E-state index in [1.54, 1.807) is 14.2 Å². The molecule has 264 valence electrons. The first-order valence-corrected chi connectivity index (χ1v) is 18.2. The number of aromatic hydroxyl groups is 2. The maximum atomic E-state index is 11.7. The van der Waals surface area contributed by atoms with Gasteiger partial charge in [-0.05, 0) is 90.4 Å². The third-order valence-electron chi connectivity index (χ3n) is 9.21. The summed E-state index contributed by atoms with van der Waals surface area (Å²) >= 11 is 1.87. The number of thioether (sulfide) groups is 1. The van der Waals surface area contributed by atoms with Gasteiger partial charge in [-0.3, -0.25) is 0 Å². The molecule has 0 saturated heterocycles. The summed E-state index contributed by atoms with van der Waals surface area (Å²) in [6.45, 7) is 25.9. The number of rotatable bonds is 8. The molecule has 0 bridgehead atoms. The number of ether oxygens (including phenoxy) is 2. The predicted octanol–water partition coefficient (Wildman–Crippen LogP) is 11.9. The lowest BCUT2D eigenvalue weighted by molar-refractivity contribution is 0.414. The van der Waals surface area contributed by atoms with E-state index in [-0.39, 0.29) is 32.2 Å². The largest absolute Gasteiger partial charge is 0.507 e.